The van der Waals surface area contributed by atoms with Crippen molar-refractivity contribution in [3.8, 4) is 0 Å². The van der Waals surface area contributed by atoms with Gasteiger partial charge in [-0.1, -0.05) is 244 Å². The minimum atomic E-state index is -0.848. The van der Waals surface area contributed by atoms with E-state index in [0.717, 1.165) is 44.9 Å². The van der Waals surface area contributed by atoms with Crippen LogP contribution in [0, 0.1) is 0 Å². The normalized spacial score (nSPS) is 12.7. The Balaban J connectivity index is 3.45. The van der Waals surface area contributed by atoms with Crippen molar-refractivity contribution in [2.75, 3.05) is 13.2 Å². The molecule has 1 amide bonds. The number of hydrogen-bond donors (Lipinski definition) is 3. The number of esters is 1. The first kappa shape index (κ1) is 55.6. The third kappa shape index (κ3) is 44.0. The second-order valence-electron chi connectivity index (χ2n) is 17.5. The molecular formula is C51H99NO5. The van der Waals surface area contributed by atoms with Crippen LogP contribution >= 0.6 is 0 Å². The number of aliphatic hydroxyl groups excluding tert-OH is 2. The maximum absolute atomic E-state index is 12.4. The molecular weight excluding hydrogens is 707 g/mol. The summed E-state index contributed by atoms with van der Waals surface area (Å²) in [5.41, 5.74) is 0. The molecule has 0 aliphatic heterocycles. The van der Waals surface area contributed by atoms with Crippen LogP contribution in [-0.2, 0) is 14.3 Å². The Hall–Kier alpha value is -1.40. The fraction of sp³-hybridized carbons (Fsp3) is 0.922. The predicted molar refractivity (Wildman–Crippen MR) is 246 cm³/mol. The van der Waals surface area contributed by atoms with Crippen molar-refractivity contribution in [1.29, 1.82) is 0 Å². The molecule has 6 nitrogen and oxygen atoms in total. The monoisotopic (exact) mass is 806 g/mol. The second kappa shape index (κ2) is 47.3. The van der Waals surface area contributed by atoms with Crippen molar-refractivity contribution >= 4 is 11.9 Å². The summed E-state index contributed by atoms with van der Waals surface area (Å²) in [5.74, 6) is -0.0760. The van der Waals surface area contributed by atoms with Crippen LogP contribution in [0.4, 0.5) is 0 Å². The molecule has 2 unspecified atom stereocenters. The third-order valence-corrected chi connectivity index (χ3v) is 11.8. The molecule has 0 aliphatic carbocycles. The van der Waals surface area contributed by atoms with Crippen LogP contribution in [0.2, 0.25) is 0 Å². The van der Waals surface area contributed by atoms with Crippen LogP contribution in [0.25, 0.3) is 0 Å². The van der Waals surface area contributed by atoms with Gasteiger partial charge in [0.25, 0.3) is 0 Å². The summed E-state index contributed by atoms with van der Waals surface area (Å²) < 4.78 is 5.45. The molecule has 0 aromatic carbocycles. The number of aliphatic hydroxyl groups is 2. The van der Waals surface area contributed by atoms with Gasteiger partial charge in [-0.15, -0.1) is 0 Å². The van der Waals surface area contributed by atoms with E-state index in [1.54, 1.807) is 6.08 Å². The lowest BCUT2D eigenvalue weighted by Crippen LogP contribution is -2.45. The number of carbonyl (C=O) groups excluding carboxylic acids is 2. The highest BCUT2D eigenvalue weighted by Gasteiger charge is 2.18. The lowest BCUT2D eigenvalue weighted by molar-refractivity contribution is -0.143. The Morgan fingerprint density at radius 1 is 0.474 bits per heavy atom. The average molecular weight is 806 g/mol. The quantitative estimate of drug-likeness (QED) is 0.0323. The minimum absolute atomic E-state index is 0.000147. The van der Waals surface area contributed by atoms with Gasteiger partial charge in [0.05, 0.1) is 25.4 Å². The van der Waals surface area contributed by atoms with Crippen LogP contribution in [0.1, 0.15) is 277 Å². The zero-order valence-electron chi connectivity index (χ0n) is 38.3. The lowest BCUT2D eigenvalue weighted by atomic mass is 10.0. The van der Waals surface area contributed by atoms with E-state index in [1.165, 1.54) is 205 Å². The van der Waals surface area contributed by atoms with Gasteiger partial charge >= 0.3 is 5.97 Å². The van der Waals surface area contributed by atoms with E-state index < -0.39 is 12.1 Å². The molecule has 0 saturated carbocycles. The summed E-state index contributed by atoms with van der Waals surface area (Å²) in [7, 11) is 0. The highest BCUT2D eigenvalue weighted by Crippen LogP contribution is 2.16. The summed E-state index contributed by atoms with van der Waals surface area (Å²) in [6.45, 7) is 4.88. The van der Waals surface area contributed by atoms with Crippen LogP contribution < -0.4 is 5.32 Å². The molecule has 0 heterocycles. The smallest absolute Gasteiger partial charge is 0.305 e. The zero-order valence-corrected chi connectivity index (χ0v) is 38.3. The van der Waals surface area contributed by atoms with E-state index in [2.05, 4.69) is 19.2 Å². The molecule has 0 aliphatic rings. The highest BCUT2D eigenvalue weighted by atomic mass is 16.5. The molecule has 3 N–H and O–H groups in total. The maximum atomic E-state index is 12.4. The van der Waals surface area contributed by atoms with Crippen molar-refractivity contribution in [1.82, 2.24) is 5.32 Å². The summed E-state index contributed by atoms with van der Waals surface area (Å²) in [6.07, 6.45) is 53.5. The van der Waals surface area contributed by atoms with Gasteiger partial charge < -0.3 is 20.3 Å². The topological polar surface area (TPSA) is 95.9 Å². The number of hydrogen-bond acceptors (Lipinski definition) is 5. The van der Waals surface area contributed by atoms with E-state index in [-0.39, 0.29) is 18.5 Å². The number of nitrogens with one attached hydrogen (secondary N) is 1. The molecule has 0 bridgehead atoms. The molecule has 0 aromatic rings. The lowest BCUT2D eigenvalue weighted by Gasteiger charge is -2.20. The Morgan fingerprint density at radius 2 is 0.807 bits per heavy atom. The van der Waals surface area contributed by atoms with Crippen LogP contribution in [0.5, 0.6) is 0 Å². The van der Waals surface area contributed by atoms with Crippen molar-refractivity contribution in [3.63, 3.8) is 0 Å². The molecule has 0 spiro atoms. The summed E-state index contributed by atoms with van der Waals surface area (Å²) in [4.78, 5) is 24.4. The number of ether oxygens (including phenoxy) is 1. The van der Waals surface area contributed by atoms with Crippen molar-refractivity contribution in [3.05, 3.63) is 12.2 Å². The molecule has 0 aromatic heterocycles. The number of unbranched alkanes of at least 4 members (excludes halogenated alkanes) is 36. The summed E-state index contributed by atoms with van der Waals surface area (Å²) >= 11 is 0. The van der Waals surface area contributed by atoms with Gasteiger partial charge in [0.2, 0.25) is 5.91 Å². The molecule has 2 atom stereocenters. The minimum Gasteiger partial charge on any atom is -0.466 e. The van der Waals surface area contributed by atoms with Gasteiger partial charge in [-0.05, 0) is 32.1 Å². The van der Waals surface area contributed by atoms with Crippen molar-refractivity contribution in [2.45, 2.75) is 289 Å². The van der Waals surface area contributed by atoms with Crippen molar-refractivity contribution in [2.24, 2.45) is 0 Å². The third-order valence-electron chi connectivity index (χ3n) is 11.8. The fourth-order valence-corrected chi connectivity index (χ4v) is 7.87. The fourth-order valence-electron chi connectivity index (χ4n) is 7.87. The molecule has 338 valence electrons. The molecule has 0 fully saturated rings. The van der Waals surface area contributed by atoms with E-state index in [0.29, 0.717) is 19.4 Å². The Kier molecular flexibility index (Phi) is 46.1. The van der Waals surface area contributed by atoms with Crippen molar-refractivity contribution < 1.29 is 24.5 Å². The molecule has 0 rings (SSSR count). The largest absolute Gasteiger partial charge is 0.466 e. The van der Waals surface area contributed by atoms with Gasteiger partial charge in [-0.25, -0.2) is 0 Å². The number of rotatable bonds is 47. The van der Waals surface area contributed by atoms with E-state index in [4.69, 9.17) is 4.74 Å². The van der Waals surface area contributed by atoms with Gasteiger partial charge in [-0.3, -0.25) is 9.59 Å². The van der Waals surface area contributed by atoms with Gasteiger partial charge in [-0.2, -0.15) is 0 Å². The van der Waals surface area contributed by atoms with Crippen LogP contribution in [0.15, 0.2) is 12.2 Å². The van der Waals surface area contributed by atoms with E-state index in [9.17, 15) is 19.8 Å². The second-order valence-corrected chi connectivity index (χ2v) is 17.5. The molecule has 0 radical (unpaired) electrons. The standard InChI is InChI=1S/C51H99NO5/c1-3-5-7-9-11-13-15-20-23-27-31-35-39-43-49(54)48(47-53)52-50(55)44-40-36-32-28-24-21-18-17-19-22-26-30-34-38-42-46-57-51(56)45-41-37-33-29-25-16-14-12-10-8-6-4-2/h39,43,48-49,53-54H,3-38,40-42,44-47H2,1-2H3,(H,52,55)/b43-39+. The first-order valence-electron chi connectivity index (χ1n) is 25.5. The van der Waals surface area contributed by atoms with Gasteiger partial charge in [0, 0.05) is 12.8 Å². The first-order valence-corrected chi connectivity index (χ1v) is 25.5. The molecule has 57 heavy (non-hydrogen) atoms. The Morgan fingerprint density at radius 3 is 1.19 bits per heavy atom. The van der Waals surface area contributed by atoms with Gasteiger partial charge in [0.1, 0.15) is 0 Å². The molecule has 0 saturated heterocycles. The molecule has 6 heteroatoms. The Bertz CT molecular complexity index is 847. The average Bonchev–Trinajstić information content (AvgIpc) is 3.21. The SMILES string of the molecule is CCCCCCCCCCCCC/C=C/C(O)C(CO)NC(=O)CCCCCCCCCCCCCCCCCOC(=O)CCCCCCCCCCCCCC. The number of carbonyl (C=O) groups is 2. The van der Waals surface area contributed by atoms with E-state index in [1.807, 2.05) is 6.08 Å². The number of amides is 1. The summed E-state index contributed by atoms with van der Waals surface area (Å²) in [5, 5.41) is 23.0. The first-order chi connectivity index (χ1) is 28.0. The Labute approximate surface area is 355 Å². The predicted octanol–water partition coefficient (Wildman–Crippen LogP) is 15.0. The maximum Gasteiger partial charge on any atom is 0.305 e. The summed E-state index contributed by atoms with van der Waals surface area (Å²) in [6, 6.07) is -0.632. The number of allylic oxidation sites excluding steroid dienone is 1. The van der Waals surface area contributed by atoms with Gasteiger partial charge in [0.15, 0.2) is 0 Å². The van der Waals surface area contributed by atoms with E-state index >= 15 is 0 Å². The zero-order chi connectivity index (χ0) is 41.5. The van der Waals surface area contributed by atoms with Crippen LogP contribution in [-0.4, -0.2) is 47.4 Å². The van der Waals surface area contributed by atoms with Crippen LogP contribution in [0.3, 0.4) is 0 Å². The highest BCUT2D eigenvalue weighted by molar-refractivity contribution is 5.76.